The molecule has 2 N–H and O–H groups in total. The van der Waals surface area contributed by atoms with Crippen molar-refractivity contribution in [1.29, 1.82) is 0 Å². The van der Waals surface area contributed by atoms with Gasteiger partial charge in [-0.3, -0.25) is 14.5 Å². The Kier molecular flexibility index (Phi) is 6.16. The topological polar surface area (TPSA) is 100 Å². The highest BCUT2D eigenvalue weighted by atomic mass is 19.4. The van der Waals surface area contributed by atoms with Crippen LogP contribution >= 0.6 is 0 Å². The van der Waals surface area contributed by atoms with E-state index >= 15 is 0 Å². The lowest BCUT2D eigenvalue weighted by Gasteiger charge is -2.24. The lowest BCUT2D eigenvalue weighted by Crippen LogP contribution is -2.41. The van der Waals surface area contributed by atoms with Gasteiger partial charge >= 0.3 is 12.1 Å². The number of aliphatic carboxylic acids is 1. The number of hydrogen-bond acceptors (Lipinski definition) is 5. The summed E-state index contributed by atoms with van der Waals surface area (Å²) in [6.45, 7) is 2.75. The van der Waals surface area contributed by atoms with Crippen molar-refractivity contribution in [3.05, 3.63) is 36.4 Å². The molecule has 1 aromatic carbocycles. The van der Waals surface area contributed by atoms with Gasteiger partial charge in [0, 0.05) is 6.04 Å². The van der Waals surface area contributed by atoms with E-state index in [4.69, 9.17) is 5.11 Å². The summed E-state index contributed by atoms with van der Waals surface area (Å²) in [6, 6.07) is 2.59. The molecule has 0 aliphatic carbocycles. The smallest absolute Gasteiger partial charge is 0.416 e. The summed E-state index contributed by atoms with van der Waals surface area (Å²) in [6.07, 6.45) is -2.10. The minimum Gasteiger partial charge on any atom is -0.480 e. The number of carbonyl (C=O) groups is 2. The largest absolute Gasteiger partial charge is 0.480 e. The van der Waals surface area contributed by atoms with Gasteiger partial charge in [-0.25, -0.2) is 9.67 Å². The average Bonchev–Trinajstić information content (AvgIpc) is 3.07. The number of anilines is 1. The molecule has 0 bridgehead atoms. The van der Waals surface area contributed by atoms with Crippen molar-refractivity contribution in [2.24, 2.45) is 0 Å². The maximum atomic E-state index is 13.0. The highest BCUT2D eigenvalue weighted by molar-refractivity contribution is 5.94. The summed E-state index contributed by atoms with van der Waals surface area (Å²) in [5.41, 5.74) is -0.851. The Labute approximate surface area is 152 Å². The second-order valence-corrected chi connectivity index (χ2v) is 6.01. The number of rotatable bonds is 7. The number of carboxylic acids is 1. The molecule has 11 heteroatoms. The third kappa shape index (κ3) is 5.51. The molecule has 0 aliphatic heterocycles. The van der Waals surface area contributed by atoms with Gasteiger partial charge in [0.2, 0.25) is 5.91 Å². The Morgan fingerprint density at radius 2 is 2.00 bits per heavy atom. The van der Waals surface area contributed by atoms with Crippen molar-refractivity contribution in [2.75, 3.05) is 18.4 Å². The normalized spacial score (nSPS) is 11.8. The second kappa shape index (κ2) is 8.16. The minimum absolute atomic E-state index is 0.112. The lowest BCUT2D eigenvalue weighted by molar-refractivity contribution is -0.139. The summed E-state index contributed by atoms with van der Waals surface area (Å²) in [4.78, 5) is 28.3. The van der Waals surface area contributed by atoms with Crippen LogP contribution in [0.4, 0.5) is 18.9 Å². The van der Waals surface area contributed by atoms with E-state index in [1.165, 1.54) is 28.3 Å². The SMILES string of the molecule is CC(C)N(CC(=O)O)CC(=O)Nc1cc(C(F)(F)F)ccc1-n1cncn1. The Hall–Kier alpha value is -2.95. The predicted molar refractivity (Wildman–Crippen MR) is 89.3 cm³/mol. The summed E-state index contributed by atoms with van der Waals surface area (Å²) in [5.74, 6) is -1.76. The number of nitrogens with one attached hydrogen (secondary N) is 1. The lowest BCUT2D eigenvalue weighted by atomic mass is 10.1. The molecule has 2 aromatic rings. The number of halogens is 3. The highest BCUT2D eigenvalue weighted by Gasteiger charge is 2.31. The standard InChI is InChI=1S/C16H18F3N5O3/c1-10(2)23(7-15(26)27)6-14(25)22-12-5-11(16(17,18)19)3-4-13(12)24-9-20-8-21-24/h3-5,8-10H,6-7H2,1-2H3,(H,22,25)(H,26,27). The van der Waals surface area contributed by atoms with Gasteiger partial charge in [-0.05, 0) is 32.0 Å². The molecule has 1 amide bonds. The van der Waals surface area contributed by atoms with Gasteiger partial charge in [-0.1, -0.05) is 0 Å². The summed E-state index contributed by atoms with van der Waals surface area (Å²) >= 11 is 0. The van der Waals surface area contributed by atoms with E-state index in [0.717, 1.165) is 12.1 Å². The van der Waals surface area contributed by atoms with E-state index < -0.39 is 23.6 Å². The van der Waals surface area contributed by atoms with Crippen LogP contribution in [-0.4, -0.2) is 55.8 Å². The van der Waals surface area contributed by atoms with E-state index in [1.54, 1.807) is 13.8 Å². The summed E-state index contributed by atoms with van der Waals surface area (Å²) < 4.78 is 40.3. The first kappa shape index (κ1) is 20.4. The number of alkyl halides is 3. The van der Waals surface area contributed by atoms with Crippen LogP contribution in [0, 0.1) is 0 Å². The predicted octanol–water partition coefficient (Wildman–Crippen LogP) is 2.02. The van der Waals surface area contributed by atoms with Crippen LogP contribution in [0.2, 0.25) is 0 Å². The molecule has 8 nitrogen and oxygen atoms in total. The van der Waals surface area contributed by atoms with Crippen molar-refractivity contribution in [3.8, 4) is 5.69 Å². The molecule has 0 unspecified atom stereocenters. The fourth-order valence-electron chi connectivity index (χ4n) is 2.31. The molecule has 146 valence electrons. The monoisotopic (exact) mass is 385 g/mol. The molecule has 0 atom stereocenters. The van der Waals surface area contributed by atoms with E-state index in [2.05, 4.69) is 15.4 Å². The van der Waals surface area contributed by atoms with Gasteiger partial charge in [0.05, 0.1) is 30.0 Å². The summed E-state index contributed by atoms with van der Waals surface area (Å²) in [7, 11) is 0. The maximum Gasteiger partial charge on any atom is 0.416 e. The first-order chi connectivity index (χ1) is 12.6. The molecule has 27 heavy (non-hydrogen) atoms. The van der Waals surface area contributed by atoms with Crippen molar-refractivity contribution < 1.29 is 27.9 Å². The van der Waals surface area contributed by atoms with Crippen molar-refractivity contribution in [1.82, 2.24) is 19.7 Å². The quantitative estimate of drug-likeness (QED) is 0.756. The van der Waals surface area contributed by atoms with Gasteiger partial charge in [-0.2, -0.15) is 18.3 Å². The Bertz CT molecular complexity index is 806. The van der Waals surface area contributed by atoms with Crippen LogP contribution < -0.4 is 5.32 Å². The molecule has 0 radical (unpaired) electrons. The van der Waals surface area contributed by atoms with Gasteiger partial charge in [0.25, 0.3) is 0 Å². The average molecular weight is 385 g/mol. The number of carboxylic acid groups (broad SMARTS) is 1. The zero-order chi connectivity index (χ0) is 20.2. The van der Waals surface area contributed by atoms with E-state index in [1.807, 2.05) is 0 Å². The maximum absolute atomic E-state index is 13.0. The Balaban J connectivity index is 2.29. The zero-order valence-electron chi connectivity index (χ0n) is 14.6. The van der Waals surface area contributed by atoms with Crippen LogP contribution in [0.1, 0.15) is 19.4 Å². The molecule has 0 fully saturated rings. The van der Waals surface area contributed by atoms with Crippen molar-refractivity contribution >= 4 is 17.6 Å². The van der Waals surface area contributed by atoms with Gasteiger partial charge in [0.15, 0.2) is 0 Å². The fourth-order valence-corrected chi connectivity index (χ4v) is 2.31. The van der Waals surface area contributed by atoms with Crippen molar-refractivity contribution in [2.45, 2.75) is 26.1 Å². The summed E-state index contributed by atoms with van der Waals surface area (Å²) in [5, 5.41) is 15.2. The van der Waals surface area contributed by atoms with Crippen molar-refractivity contribution in [3.63, 3.8) is 0 Å². The van der Waals surface area contributed by atoms with Gasteiger partial charge in [-0.15, -0.1) is 0 Å². The molecular formula is C16H18F3N5O3. The second-order valence-electron chi connectivity index (χ2n) is 6.01. The van der Waals surface area contributed by atoms with Crippen LogP contribution in [0.25, 0.3) is 5.69 Å². The number of carbonyl (C=O) groups excluding carboxylic acids is 1. The van der Waals surface area contributed by atoms with Gasteiger partial charge in [0.1, 0.15) is 12.7 Å². The first-order valence-corrected chi connectivity index (χ1v) is 7.90. The molecule has 0 aliphatic rings. The number of nitrogens with zero attached hydrogens (tertiary/aromatic N) is 4. The molecule has 0 spiro atoms. The first-order valence-electron chi connectivity index (χ1n) is 7.90. The number of benzene rings is 1. The Morgan fingerprint density at radius 3 is 2.52 bits per heavy atom. The minimum atomic E-state index is -4.59. The highest BCUT2D eigenvalue weighted by Crippen LogP contribution is 2.33. The van der Waals surface area contributed by atoms with Crippen LogP contribution in [0.3, 0.4) is 0 Å². The Morgan fingerprint density at radius 1 is 1.30 bits per heavy atom. The number of hydrogen-bond donors (Lipinski definition) is 2. The third-order valence-corrected chi connectivity index (χ3v) is 3.68. The molecule has 1 heterocycles. The fraction of sp³-hybridized carbons (Fsp3) is 0.375. The molecule has 2 rings (SSSR count). The van der Waals surface area contributed by atoms with E-state index in [9.17, 15) is 22.8 Å². The molecular weight excluding hydrogens is 367 g/mol. The molecule has 0 saturated heterocycles. The van der Waals surface area contributed by atoms with Crippen LogP contribution in [0.15, 0.2) is 30.9 Å². The van der Waals surface area contributed by atoms with Crippen LogP contribution in [-0.2, 0) is 15.8 Å². The molecule has 1 aromatic heterocycles. The number of amides is 1. The van der Waals surface area contributed by atoms with Gasteiger partial charge < -0.3 is 10.4 Å². The van der Waals surface area contributed by atoms with E-state index in [0.29, 0.717) is 0 Å². The number of aromatic nitrogens is 3. The van der Waals surface area contributed by atoms with E-state index in [-0.39, 0.29) is 30.5 Å². The third-order valence-electron chi connectivity index (χ3n) is 3.68. The van der Waals surface area contributed by atoms with Crippen LogP contribution in [0.5, 0.6) is 0 Å². The molecule has 0 saturated carbocycles. The zero-order valence-corrected chi connectivity index (χ0v) is 14.6.